The standard InChI is InChI=1S/C12H14ClN3O/c1-3-17-8-4-5-9(10(13)6-8)11-7(2)15-16-12(11)14/h4-6H,3H2,1-2H3,(H3,14,15,16). The molecular weight excluding hydrogens is 238 g/mol. The van der Waals surface area contributed by atoms with E-state index < -0.39 is 0 Å². The van der Waals surface area contributed by atoms with E-state index in [4.69, 9.17) is 22.1 Å². The third kappa shape index (κ3) is 2.22. The zero-order valence-electron chi connectivity index (χ0n) is 9.75. The Morgan fingerprint density at radius 2 is 2.24 bits per heavy atom. The van der Waals surface area contributed by atoms with Crippen molar-refractivity contribution in [1.82, 2.24) is 10.2 Å². The number of nitrogens with one attached hydrogen (secondary N) is 1. The maximum atomic E-state index is 6.22. The first kappa shape index (κ1) is 11.8. The first-order chi connectivity index (χ1) is 8.13. The highest BCUT2D eigenvalue weighted by Crippen LogP contribution is 2.35. The lowest BCUT2D eigenvalue weighted by Crippen LogP contribution is -1.93. The molecule has 1 heterocycles. The molecule has 0 saturated heterocycles. The van der Waals surface area contributed by atoms with Gasteiger partial charge in [0.05, 0.1) is 11.6 Å². The number of ether oxygens (including phenoxy) is 1. The Balaban J connectivity index is 2.47. The molecule has 1 aromatic heterocycles. The number of aryl methyl sites for hydroxylation is 1. The van der Waals surface area contributed by atoms with E-state index in [2.05, 4.69) is 10.2 Å². The van der Waals surface area contributed by atoms with Gasteiger partial charge in [0.25, 0.3) is 0 Å². The molecular formula is C12H14ClN3O. The highest BCUT2D eigenvalue weighted by Gasteiger charge is 2.13. The Bertz CT molecular complexity index is 517. The fraction of sp³-hybridized carbons (Fsp3) is 0.250. The summed E-state index contributed by atoms with van der Waals surface area (Å²) < 4.78 is 5.38. The van der Waals surface area contributed by atoms with Crippen LogP contribution in [0.4, 0.5) is 5.82 Å². The van der Waals surface area contributed by atoms with E-state index in [9.17, 15) is 0 Å². The zero-order chi connectivity index (χ0) is 12.4. The van der Waals surface area contributed by atoms with Crippen molar-refractivity contribution in [3.8, 4) is 16.9 Å². The molecule has 2 rings (SSSR count). The summed E-state index contributed by atoms with van der Waals surface area (Å²) in [5, 5.41) is 7.40. The van der Waals surface area contributed by atoms with Gasteiger partial charge in [0, 0.05) is 16.8 Å². The first-order valence-electron chi connectivity index (χ1n) is 5.36. The molecule has 90 valence electrons. The summed E-state index contributed by atoms with van der Waals surface area (Å²) in [6.07, 6.45) is 0. The van der Waals surface area contributed by atoms with Crippen molar-refractivity contribution in [2.24, 2.45) is 0 Å². The van der Waals surface area contributed by atoms with Crippen LogP contribution in [0.15, 0.2) is 18.2 Å². The second-order valence-corrected chi connectivity index (χ2v) is 4.09. The molecule has 0 aliphatic heterocycles. The normalized spacial score (nSPS) is 10.5. The average molecular weight is 252 g/mol. The summed E-state index contributed by atoms with van der Waals surface area (Å²) >= 11 is 6.22. The predicted molar refractivity (Wildman–Crippen MR) is 69.4 cm³/mol. The molecule has 0 aliphatic rings. The lowest BCUT2D eigenvalue weighted by atomic mass is 10.1. The average Bonchev–Trinajstić information content (AvgIpc) is 2.60. The molecule has 0 saturated carbocycles. The van der Waals surface area contributed by atoms with Crippen molar-refractivity contribution in [3.05, 3.63) is 28.9 Å². The minimum atomic E-state index is 0.452. The molecule has 0 bridgehead atoms. The second kappa shape index (κ2) is 4.67. The van der Waals surface area contributed by atoms with Gasteiger partial charge in [0.2, 0.25) is 0 Å². The van der Waals surface area contributed by atoms with Crippen LogP contribution in [0.1, 0.15) is 12.6 Å². The monoisotopic (exact) mass is 251 g/mol. The molecule has 3 N–H and O–H groups in total. The van der Waals surface area contributed by atoms with Gasteiger partial charge >= 0.3 is 0 Å². The summed E-state index contributed by atoms with van der Waals surface area (Å²) in [5.74, 6) is 1.20. The maximum Gasteiger partial charge on any atom is 0.153 e. The number of anilines is 1. The van der Waals surface area contributed by atoms with E-state index >= 15 is 0 Å². The Kier molecular flexibility index (Phi) is 3.24. The number of hydrogen-bond acceptors (Lipinski definition) is 3. The number of aromatic nitrogens is 2. The van der Waals surface area contributed by atoms with Crippen LogP contribution in [0.2, 0.25) is 5.02 Å². The Morgan fingerprint density at radius 1 is 1.47 bits per heavy atom. The number of benzene rings is 1. The summed E-state index contributed by atoms with van der Waals surface area (Å²) in [6, 6.07) is 5.55. The number of hydrogen-bond donors (Lipinski definition) is 2. The van der Waals surface area contributed by atoms with Gasteiger partial charge in [-0.3, -0.25) is 5.10 Å². The van der Waals surface area contributed by atoms with Crippen LogP contribution in [-0.4, -0.2) is 16.8 Å². The van der Waals surface area contributed by atoms with Gasteiger partial charge in [-0.1, -0.05) is 11.6 Å². The second-order valence-electron chi connectivity index (χ2n) is 3.68. The van der Waals surface area contributed by atoms with Gasteiger partial charge in [-0.15, -0.1) is 0 Å². The minimum Gasteiger partial charge on any atom is -0.494 e. The molecule has 0 amide bonds. The highest BCUT2D eigenvalue weighted by atomic mass is 35.5. The number of nitrogens with two attached hydrogens (primary N) is 1. The Morgan fingerprint density at radius 3 is 2.76 bits per heavy atom. The van der Waals surface area contributed by atoms with Crippen molar-refractivity contribution >= 4 is 17.4 Å². The van der Waals surface area contributed by atoms with E-state index in [0.29, 0.717) is 17.4 Å². The predicted octanol–water partition coefficient (Wildman–Crippen LogP) is 3.02. The molecule has 2 aromatic rings. The van der Waals surface area contributed by atoms with Gasteiger partial charge in [-0.2, -0.15) is 5.10 Å². The molecule has 0 radical (unpaired) electrons. The SMILES string of the molecule is CCOc1ccc(-c2c(N)n[nH]c2C)c(Cl)c1. The number of nitrogens with zero attached hydrogens (tertiary/aromatic N) is 1. The Labute approximate surface area is 105 Å². The van der Waals surface area contributed by atoms with Crippen molar-refractivity contribution in [2.75, 3.05) is 12.3 Å². The fourth-order valence-electron chi connectivity index (χ4n) is 1.74. The van der Waals surface area contributed by atoms with Crippen LogP contribution in [0, 0.1) is 6.92 Å². The number of nitrogen functional groups attached to an aromatic ring is 1. The zero-order valence-corrected chi connectivity index (χ0v) is 10.5. The van der Waals surface area contributed by atoms with Gasteiger partial charge < -0.3 is 10.5 Å². The quantitative estimate of drug-likeness (QED) is 0.881. The van der Waals surface area contributed by atoms with Crippen LogP contribution < -0.4 is 10.5 Å². The molecule has 5 heteroatoms. The molecule has 17 heavy (non-hydrogen) atoms. The largest absolute Gasteiger partial charge is 0.494 e. The molecule has 0 spiro atoms. The van der Waals surface area contributed by atoms with Gasteiger partial charge in [0.1, 0.15) is 5.75 Å². The number of halogens is 1. The van der Waals surface area contributed by atoms with E-state index in [0.717, 1.165) is 22.6 Å². The van der Waals surface area contributed by atoms with Crippen LogP contribution in [0.5, 0.6) is 5.75 Å². The summed E-state index contributed by atoms with van der Waals surface area (Å²) in [6.45, 7) is 4.45. The molecule has 0 unspecified atom stereocenters. The third-order valence-corrected chi connectivity index (χ3v) is 2.81. The lowest BCUT2D eigenvalue weighted by Gasteiger charge is -2.08. The van der Waals surface area contributed by atoms with E-state index in [1.807, 2.05) is 26.0 Å². The molecule has 0 atom stereocenters. The summed E-state index contributed by atoms with van der Waals surface area (Å²) in [7, 11) is 0. The number of aromatic amines is 1. The van der Waals surface area contributed by atoms with E-state index in [1.165, 1.54) is 0 Å². The van der Waals surface area contributed by atoms with Crippen molar-refractivity contribution < 1.29 is 4.74 Å². The molecule has 0 aliphatic carbocycles. The van der Waals surface area contributed by atoms with Crippen molar-refractivity contribution in [1.29, 1.82) is 0 Å². The molecule has 1 aromatic carbocycles. The van der Waals surface area contributed by atoms with E-state index in [-0.39, 0.29) is 0 Å². The lowest BCUT2D eigenvalue weighted by molar-refractivity contribution is 0.340. The molecule has 0 fully saturated rings. The number of rotatable bonds is 3. The van der Waals surface area contributed by atoms with Crippen molar-refractivity contribution in [3.63, 3.8) is 0 Å². The number of H-pyrrole nitrogens is 1. The fourth-order valence-corrected chi connectivity index (χ4v) is 2.01. The van der Waals surface area contributed by atoms with Crippen LogP contribution >= 0.6 is 11.6 Å². The highest BCUT2D eigenvalue weighted by molar-refractivity contribution is 6.33. The van der Waals surface area contributed by atoms with Gasteiger partial charge in [0.15, 0.2) is 5.82 Å². The summed E-state index contributed by atoms with van der Waals surface area (Å²) in [4.78, 5) is 0. The van der Waals surface area contributed by atoms with Crippen molar-refractivity contribution in [2.45, 2.75) is 13.8 Å². The van der Waals surface area contributed by atoms with Gasteiger partial charge in [-0.25, -0.2) is 0 Å². The van der Waals surface area contributed by atoms with Crippen LogP contribution in [0.25, 0.3) is 11.1 Å². The smallest absolute Gasteiger partial charge is 0.153 e. The summed E-state index contributed by atoms with van der Waals surface area (Å²) in [5.41, 5.74) is 8.41. The molecule has 4 nitrogen and oxygen atoms in total. The third-order valence-electron chi connectivity index (χ3n) is 2.50. The van der Waals surface area contributed by atoms with Crippen LogP contribution in [-0.2, 0) is 0 Å². The maximum absolute atomic E-state index is 6.22. The Hall–Kier alpha value is -1.68. The van der Waals surface area contributed by atoms with Crippen LogP contribution in [0.3, 0.4) is 0 Å². The topological polar surface area (TPSA) is 63.9 Å². The van der Waals surface area contributed by atoms with E-state index in [1.54, 1.807) is 6.07 Å². The minimum absolute atomic E-state index is 0.452. The first-order valence-corrected chi connectivity index (χ1v) is 5.74. The van der Waals surface area contributed by atoms with Gasteiger partial charge in [-0.05, 0) is 32.0 Å².